The van der Waals surface area contributed by atoms with E-state index in [2.05, 4.69) is 24.6 Å². The summed E-state index contributed by atoms with van der Waals surface area (Å²) in [5, 5.41) is 7.25. The van der Waals surface area contributed by atoms with Gasteiger partial charge in [-0.1, -0.05) is 6.42 Å². The molecule has 1 saturated heterocycles. The number of hydrogen-bond acceptors (Lipinski definition) is 4. The molecular formula is C14H19N5S. The van der Waals surface area contributed by atoms with Crippen LogP contribution in [0.5, 0.6) is 0 Å². The Morgan fingerprint density at radius 2 is 1.85 bits per heavy atom. The lowest BCUT2D eigenvalue weighted by Gasteiger charge is -2.26. The van der Waals surface area contributed by atoms with Gasteiger partial charge >= 0.3 is 0 Å². The summed E-state index contributed by atoms with van der Waals surface area (Å²) in [5.41, 5.74) is 1.05. The van der Waals surface area contributed by atoms with Crippen LogP contribution in [0.1, 0.15) is 19.3 Å². The van der Waals surface area contributed by atoms with E-state index in [1.807, 2.05) is 12.1 Å². The van der Waals surface area contributed by atoms with Gasteiger partial charge in [-0.05, 0) is 50.3 Å². The molecule has 0 saturated carbocycles. The van der Waals surface area contributed by atoms with Crippen molar-refractivity contribution >= 4 is 12.2 Å². The molecule has 5 nitrogen and oxygen atoms in total. The SMILES string of the molecule is S=c1[nH]nc(-c2ccncc2)n1CCN1CCCCC1. The molecule has 0 atom stereocenters. The Bertz CT molecular complexity index is 598. The molecular weight excluding hydrogens is 270 g/mol. The van der Waals surface area contributed by atoms with Crippen molar-refractivity contribution in [3.8, 4) is 11.4 Å². The van der Waals surface area contributed by atoms with Crippen molar-refractivity contribution in [1.82, 2.24) is 24.6 Å². The lowest BCUT2D eigenvalue weighted by molar-refractivity contribution is 0.221. The fraction of sp³-hybridized carbons (Fsp3) is 0.500. The molecule has 0 radical (unpaired) electrons. The minimum absolute atomic E-state index is 0.689. The molecule has 3 heterocycles. The summed E-state index contributed by atoms with van der Waals surface area (Å²) >= 11 is 5.35. The zero-order valence-corrected chi connectivity index (χ0v) is 12.3. The zero-order chi connectivity index (χ0) is 13.8. The number of hydrogen-bond donors (Lipinski definition) is 1. The third-order valence-electron chi connectivity index (χ3n) is 3.79. The van der Waals surface area contributed by atoms with Gasteiger partial charge in [-0.3, -0.25) is 14.6 Å². The highest BCUT2D eigenvalue weighted by Gasteiger charge is 2.12. The predicted molar refractivity (Wildman–Crippen MR) is 80.9 cm³/mol. The number of pyridine rings is 1. The van der Waals surface area contributed by atoms with Crippen LogP contribution in [0.4, 0.5) is 0 Å². The van der Waals surface area contributed by atoms with Gasteiger partial charge in [0.05, 0.1) is 0 Å². The third kappa shape index (κ3) is 2.96. The molecule has 0 unspecified atom stereocenters. The van der Waals surface area contributed by atoms with Gasteiger partial charge in [0.1, 0.15) is 0 Å². The van der Waals surface area contributed by atoms with Crippen molar-refractivity contribution in [2.24, 2.45) is 0 Å². The third-order valence-corrected chi connectivity index (χ3v) is 4.10. The number of nitrogens with one attached hydrogen (secondary N) is 1. The number of H-pyrrole nitrogens is 1. The highest BCUT2D eigenvalue weighted by atomic mass is 32.1. The monoisotopic (exact) mass is 289 g/mol. The molecule has 2 aromatic heterocycles. The Hall–Kier alpha value is -1.53. The second kappa shape index (κ2) is 6.28. The first kappa shape index (κ1) is 13.5. The van der Waals surface area contributed by atoms with E-state index in [0.29, 0.717) is 4.77 Å². The van der Waals surface area contributed by atoms with Crippen LogP contribution in [0.2, 0.25) is 0 Å². The van der Waals surface area contributed by atoms with E-state index in [1.54, 1.807) is 12.4 Å². The lowest BCUT2D eigenvalue weighted by atomic mass is 10.1. The summed E-state index contributed by atoms with van der Waals surface area (Å²) in [6, 6.07) is 3.92. The maximum absolute atomic E-state index is 5.35. The minimum atomic E-state index is 0.689. The summed E-state index contributed by atoms with van der Waals surface area (Å²) in [5.74, 6) is 0.898. The maximum Gasteiger partial charge on any atom is 0.195 e. The quantitative estimate of drug-likeness (QED) is 0.879. The standard InChI is InChI=1S/C14H19N5S/c20-14-17-16-13(12-4-6-15-7-5-12)19(14)11-10-18-8-2-1-3-9-18/h4-7H,1-3,8-11H2,(H,17,20). The molecule has 1 aliphatic heterocycles. The van der Waals surface area contributed by atoms with Gasteiger partial charge in [0.25, 0.3) is 0 Å². The summed E-state index contributed by atoms with van der Waals surface area (Å²) < 4.78 is 2.77. The van der Waals surface area contributed by atoms with E-state index >= 15 is 0 Å². The Kier molecular flexibility index (Phi) is 4.22. The van der Waals surface area contributed by atoms with E-state index < -0.39 is 0 Å². The molecule has 0 aromatic carbocycles. The van der Waals surface area contributed by atoms with Crippen molar-refractivity contribution in [2.45, 2.75) is 25.8 Å². The molecule has 1 fully saturated rings. The van der Waals surface area contributed by atoms with Gasteiger partial charge in [-0.2, -0.15) is 5.10 Å². The van der Waals surface area contributed by atoms with Gasteiger partial charge in [0.2, 0.25) is 0 Å². The van der Waals surface area contributed by atoms with Crippen molar-refractivity contribution in [1.29, 1.82) is 0 Å². The van der Waals surface area contributed by atoms with Crippen molar-refractivity contribution < 1.29 is 0 Å². The normalized spacial score (nSPS) is 16.4. The van der Waals surface area contributed by atoms with Gasteiger partial charge in [0.15, 0.2) is 10.6 Å². The van der Waals surface area contributed by atoms with E-state index in [-0.39, 0.29) is 0 Å². The van der Waals surface area contributed by atoms with E-state index in [0.717, 1.165) is 24.5 Å². The largest absolute Gasteiger partial charge is 0.302 e. The number of rotatable bonds is 4. The second-order valence-corrected chi connectivity index (χ2v) is 5.53. The number of likely N-dealkylation sites (tertiary alicyclic amines) is 1. The summed E-state index contributed by atoms with van der Waals surface area (Å²) in [6.07, 6.45) is 7.55. The summed E-state index contributed by atoms with van der Waals surface area (Å²) in [7, 11) is 0. The van der Waals surface area contributed by atoms with Gasteiger partial charge < -0.3 is 4.90 Å². The molecule has 0 bridgehead atoms. The molecule has 1 aliphatic rings. The Balaban J connectivity index is 1.76. The molecule has 0 amide bonds. The van der Waals surface area contributed by atoms with E-state index in [9.17, 15) is 0 Å². The van der Waals surface area contributed by atoms with Crippen LogP contribution in [0.3, 0.4) is 0 Å². The van der Waals surface area contributed by atoms with Crippen molar-refractivity contribution in [3.05, 3.63) is 29.3 Å². The highest BCUT2D eigenvalue weighted by Crippen LogP contribution is 2.16. The van der Waals surface area contributed by atoms with Gasteiger partial charge in [0, 0.05) is 31.0 Å². The lowest BCUT2D eigenvalue weighted by Crippen LogP contribution is -2.32. The van der Waals surface area contributed by atoms with E-state index in [4.69, 9.17) is 12.2 Å². The summed E-state index contributed by atoms with van der Waals surface area (Å²) in [4.78, 5) is 6.55. The van der Waals surface area contributed by atoms with Gasteiger partial charge in [-0.15, -0.1) is 0 Å². The van der Waals surface area contributed by atoms with E-state index in [1.165, 1.54) is 32.4 Å². The number of aromatic nitrogens is 4. The van der Waals surface area contributed by atoms with Crippen molar-refractivity contribution in [3.63, 3.8) is 0 Å². The Morgan fingerprint density at radius 3 is 2.60 bits per heavy atom. The predicted octanol–water partition coefficient (Wildman–Crippen LogP) is 2.49. The molecule has 6 heteroatoms. The second-order valence-electron chi connectivity index (χ2n) is 5.14. The van der Waals surface area contributed by atoms with Crippen LogP contribution in [0.25, 0.3) is 11.4 Å². The van der Waals surface area contributed by atoms with Gasteiger partial charge in [-0.25, -0.2) is 0 Å². The fourth-order valence-electron chi connectivity index (χ4n) is 2.67. The van der Waals surface area contributed by atoms with Crippen LogP contribution >= 0.6 is 12.2 Å². The Morgan fingerprint density at radius 1 is 1.10 bits per heavy atom. The van der Waals surface area contributed by atoms with Crippen LogP contribution in [0.15, 0.2) is 24.5 Å². The topological polar surface area (TPSA) is 49.7 Å². The highest BCUT2D eigenvalue weighted by molar-refractivity contribution is 7.71. The molecule has 0 spiro atoms. The average Bonchev–Trinajstić information content (AvgIpc) is 2.88. The van der Waals surface area contributed by atoms with Crippen LogP contribution < -0.4 is 0 Å². The molecule has 2 aromatic rings. The summed E-state index contributed by atoms with van der Waals surface area (Å²) in [6.45, 7) is 4.32. The fourth-order valence-corrected chi connectivity index (χ4v) is 2.89. The zero-order valence-electron chi connectivity index (χ0n) is 11.5. The van der Waals surface area contributed by atoms with Crippen LogP contribution in [0, 0.1) is 4.77 Å². The first-order valence-corrected chi connectivity index (χ1v) is 7.53. The first-order chi connectivity index (χ1) is 9.84. The smallest absolute Gasteiger partial charge is 0.195 e. The first-order valence-electron chi connectivity index (χ1n) is 7.12. The molecule has 3 rings (SSSR count). The van der Waals surface area contributed by atoms with Crippen LogP contribution in [-0.2, 0) is 6.54 Å². The number of aromatic amines is 1. The molecule has 20 heavy (non-hydrogen) atoms. The van der Waals surface area contributed by atoms with Crippen LogP contribution in [-0.4, -0.2) is 44.3 Å². The van der Waals surface area contributed by atoms with Crippen molar-refractivity contribution in [2.75, 3.05) is 19.6 Å². The average molecular weight is 289 g/mol. The Labute approximate surface area is 123 Å². The molecule has 0 aliphatic carbocycles. The maximum atomic E-state index is 5.35. The number of nitrogens with zero attached hydrogens (tertiary/aromatic N) is 4. The molecule has 106 valence electrons. The molecule has 1 N–H and O–H groups in total. The number of piperidine rings is 1. The minimum Gasteiger partial charge on any atom is -0.302 e.